The minimum Gasteiger partial charge on any atom is -0.492 e. The summed E-state index contributed by atoms with van der Waals surface area (Å²) in [5.74, 6) is -0.0882. The molecule has 2 aromatic rings. The number of ether oxygens (including phenoxy) is 1. The minimum absolute atomic E-state index is 0.0600. The van der Waals surface area contributed by atoms with E-state index in [1.54, 1.807) is 25.3 Å². The van der Waals surface area contributed by atoms with Crippen molar-refractivity contribution in [3.05, 3.63) is 29.6 Å². The molecule has 0 fully saturated rings. The molecule has 2 aromatic heterocycles. The number of methoxy groups -OCH3 is 1. The average molecular weight is 275 g/mol. The number of hydrogen-bond acceptors (Lipinski definition) is 5. The van der Waals surface area contributed by atoms with E-state index < -0.39 is 5.97 Å². The normalized spacial score (nSPS) is 10.8. The number of esters is 1. The van der Waals surface area contributed by atoms with Crippen LogP contribution in [0.15, 0.2) is 18.3 Å². The minimum atomic E-state index is -0.483. The Hall–Kier alpha value is -2.37. The fraction of sp³-hybridized carbons (Fsp3) is 0.357. The van der Waals surface area contributed by atoms with Crippen molar-refractivity contribution in [1.82, 2.24) is 14.5 Å². The van der Waals surface area contributed by atoms with Crippen LogP contribution in [-0.4, -0.2) is 32.7 Å². The smallest absolute Gasteiger partial charge is 0.340 e. The molecule has 0 aliphatic rings. The number of pyridine rings is 1. The monoisotopic (exact) mass is 275 g/mol. The van der Waals surface area contributed by atoms with Gasteiger partial charge in [0.2, 0.25) is 5.88 Å². The Kier molecular flexibility index (Phi) is 3.74. The standard InChI is InChI=1S/C14H17N3O3/c1-8(2)17-9(3)13(18)16-12(17)11-10(14(19)20-4)6-5-7-15-11/h5-8,18H,1-4H3. The van der Waals surface area contributed by atoms with Gasteiger partial charge in [0.05, 0.1) is 18.4 Å². The topological polar surface area (TPSA) is 77.2 Å². The zero-order chi connectivity index (χ0) is 14.9. The van der Waals surface area contributed by atoms with Crippen LogP contribution >= 0.6 is 0 Å². The molecule has 0 unspecified atom stereocenters. The molecule has 0 saturated carbocycles. The van der Waals surface area contributed by atoms with Crippen LogP contribution in [0.3, 0.4) is 0 Å². The number of imidazole rings is 1. The van der Waals surface area contributed by atoms with Gasteiger partial charge in [-0.1, -0.05) is 0 Å². The van der Waals surface area contributed by atoms with Gasteiger partial charge < -0.3 is 14.4 Å². The molecular formula is C14H17N3O3. The molecule has 0 spiro atoms. The largest absolute Gasteiger partial charge is 0.492 e. The lowest BCUT2D eigenvalue weighted by atomic mass is 10.1. The molecular weight excluding hydrogens is 258 g/mol. The van der Waals surface area contributed by atoms with Crippen LogP contribution in [0.4, 0.5) is 0 Å². The lowest BCUT2D eigenvalue weighted by Gasteiger charge is -2.14. The number of hydrogen-bond donors (Lipinski definition) is 1. The van der Waals surface area contributed by atoms with E-state index in [0.717, 1.165) is 0 Å². The number of aromatic nitrogens is 3. The van der Waals surface area contributed by atoms with Gasteiger partial charge in [-0.2, -0.15) is 4.98 Å². The molecule has 0 aliphatic carbocycles. The van der Waals surface area contributed by atoms with Crippen molar-refractivity contribution < 1.29 is 14.6 Å². The quantitative estimate of drug-likeness (QED) is 0.870. The van der Waals surface area contributed by atoms with Crippen LogP contribution in [0.5, 0.6) is 5.88 Å². The molecule has 0 aromatic carbocycles. The zero-order valence-electron chi connectivity index (χ0n) is 11.9. The van der Waals surface area contributed by atoms with Gasteiger partial charge in [0.25, 0.3) is 0 Å². The number of nitrogens with zero attached hydrogens (tertiary/aromatic N) is 3. The molecule has 0 aliphatic heterocycles. The summed E-state index contributed by atoms with van der Waals surface area (Å²) in [4.78, 5) is 20.2. The SMILES string of the molecule is COC(=O)c1cccnc1-c1nc(O)c(C)n1C(C)C. The Bertz CT molecular complexity index is 647. The highest BCUT2D eigenvalue weighted by molar-refractivity contribution is 5.95. The van der Waals surface area contributed by atoms with Gasteiger partial charge in [-0.25, -0.2) is 4.79 Å². The van der Waals surface area contributed by atoms with Crippen molar-refractivity contribution in [2.75, 3.05) is 7.11 Å². The van der Waals surface area contributed by atoms with Crippen molar-refractivity contribution in [3.63, 3.8) is 0 Å². The van der Waals surface area contributed by atoms with E-state index in [0.29, 0.717) is 22.8 Å². The van der Waals surface area contributed by atoms with Crippen LogP contribution < -0.4 is 0 Å². The lowest BCUT2D eigenvalue weighted by Crippen LogP contribution is -2.10. The van der Waals surface area contributed by atoms with E-state index in [-0.39, 0.29) is 11.9 Å². The maximum Gasteiger partial charge on any atom is 0.340 e. The first kappa shape index (κ1) is 14.0. The Morgan fingerprint density at radius 2 is 2.15 bits per heavy atom. The van der Waals surface area contributed by atoms with Crippen LogP contribution in [0.25, 0.3) is 11.5 Å². The zero-order valence-corrected chi connectivity index (χ0v) is 11.9. The second kappa shape index (κ2) is 5.32. The summed E-state index contributed by atoms with van der Waals surface area (Å²) in [6.45, 7) is 5.71. The van der Waals surface area contributed by atoms with Crippen LogP contribution in [-0.2, 0) is 4.74 Å². The molecule has 106 valence electrons. The van der Waals surface area contributed by atoms with E-state index in [1.165, 1.54) is 7.11 Å². The van der Waals surface area contributed by atoms with E-state index in [4.69, 9.17) is 4.74 Å². The van der Waals surface area contributed by atoms with Crippen molar-refractivity contribution in [2.24, 2.45) is 0 Å². The number of rotatable bonds is 3. The summed E-state index contributed by atoms with van der Waals surface area (Å²) in [5, 5.41) is 9.84. The van der Waals surface area contributed by atoms with Gasteiger partial charge >= 0.3 is 5.97 Å². The first-order valence-electron chi connectivity index (χ1n) is 6.28. The van der Waals surface area contributed by atoms with Crippen molar-refractivity contribution in [2.45, 2.75) is 26.8 Å². The Morgan fingerprint density at radius 1 is 1.45 bits per heavy atom. The fourth-order valence-corrected chi connectivity index (χ4v) is 2.16. The number of aromatic hydroxyl groups is 1. The predicted octanol–water partition coefficient (Wildman–Crippen LogP) is 2.33. The maximum atomic E-state index is 11.8. The molecule has 20 heavy (non-hydrogen) atoms. The van der Waals surface area contributed by atoms with Gasteiger partial charge in [-0.3, -0.25) is 4.98 Å². The van der Waals surface area contributed by atoms with Gasteiger partial charge in [-0.15, -0.1) is 0 Å². The van der Waals surface area contributed by atoms with Crippen molar-refractivity contribution in [3.8, 4) is 17.4 Å². The molecule has 0 amide bonds. The summed E-state index contributed by atoms with van der Waals surface area (Å²) in [6, 6.07) is 3.36. The molecule has 1 N–H and O–H groups in total. The molecule has 0 saturated heterocycles. The summed E-state index contributed by atoms with van der Waals surface area (Å²) in [7, 11) is 1.32. The lowest BCUT2D eigenvalue weighted by molar-refractivity contribution is 0.0601. The average Bonchev–Trinajstić information content (AvgIpc) is 2.74. The first-order chi connectivity index (χ1) is 9.47. The van der Waals surface area contributed by atoms with Gasteiger partial charge in [0.1, 0.15) is 5.69 Å². The van der Waals surface area contributed by atoms with Gasteiger partial charge in [-0.05, 0) is 32.9 Å². The Morgan fingerprint density at radius 3 is 2.75 bits per heavy atom. The third kappa shape index (κ3) is 2.24. The molecule has 2 heterocycles. The summed E-state index contributed by atoms with van der Waals surface area (Å²) >= 11 is 0. The molecule has 0 radical (unpaired) electrons. The number of carbonyl (C=O) groups is 1. The highest BCUT2D eigenvalue weighted by Gasteiger charge is 2.22. The first-order valence-corrected chi connectivity index (χ1v) is 6.28. The summed E-state index contributed by atoms with van der Waals surface area (Å²) in [5.41, 5.74) is 1.36. The van der Waals surface area contributed by atoms with Crippen molar-refractivity contribution >= 4 is 5.97 Å². The van der Waals surface area contributed by atoms with Crippen LogP contribution in [0.2, 0.25) is 0 Å². The second-order valence-electron chi connectivity index (χ2n) is 4.70. The molecule has 2 rings (SSSR count). The number of carbonyl (C=O) groups excluding carboxylic acids is 1. The van der Waals surface area contributed by atoms with Gasteiger partial charge in [0, 0.05) is 12.2 Å². The van der Waals surface area contributed by atoms with Crippen molar-refractivity contribution in [1.29, 1.82) is 0 Å². The maximum absolute atomic E-state index is 11.8. The highest BCUT2D eigenvalue weighted by atomic mass is 16.5. The second-order valence-corrected chi connectivity index (χ2v) is 4.70. The predicted molar refractivity (Wildman–Crippen MR) is 73.6 cm³/mol. The molecule has 6 nitrogen and oxygen atoms in total. The van der Waals surface area contributed by atoms with E-state index in [2.05, 4.69) is 9.97 Å². The Labute approximate surface area is 117 Å². The molecule has 6 heteroatoms. The molecule has 0 bridgehead atoms. The van der Waals surface area contributed by atoms with E-state index in [9.17, 15) is 9.90 Å². The summed E-state index contributed by atoms with van der Waals surface area (Å²) < 4.78 is 6.59. The van der Waals surface area contributed by atoms with E-state index in [1.807, 2.05) is 18.4 Å². The third-order valence-corrected chi connectivity index (χ3v) is 3.07. The highest BCUT2D eigenvalue weighted by Crippen LogP contribution is 2.30. The third-order valence-electron chi connectivity index (χ3n) is 3.07. The van der Waals surface area contributed by atoms with Crippen LogP contribution in [0, 0.1) is 6.92 Å². The van der Waals surface area contributed by atoms with Gasteiger partial charge in [0.15, 0.2) is 5.82 Å². The summed E-state index contributed by atoms with van der Waals surface area (Å²) in [6.07, 6.45) is 1.58. The van der Waals surface area contributed by atoms with Crippen LogP contribution in [0.1, 0.15) is 35.9 Å². The fourth-order valence-electron chi connectivity index (χ4n) is 2.16. The molecule has 0 atom stereocenters. The van der Waals surface area contributed by atoms with E-state index >= 15 is 0 Å². The Balaban J connectivity index is 2.69.